The van der Waals surface area contributed by atoms with Gasteiger partial charge in [0.05, 0.1) is 7.11 Å². The van der Waals surface area contributed by atoms with Crippen molar-refractivity contribution in [3.63, 3.8) is 0 Å². The first-order valence-electron chi connectivity index (χ1n) is 8.85. The Hall–Kier alpha value is -3.32. The molecule has 0 aliphatic rings. The van der Waals surface area contributed by atoms with Crippen molar-refractivity contribution in [3.05, 3.63) is 64.7 Å². The molecule has 2 rings (SSSR count). The molecule has 0 unspecified atom stereocenters. The van der Waals surface area contributed by atoms with Crippen molar-refractivity contribution in [1.82, 2.24) is 10.9 Å². The number of carbonyl (C=O) groups excluding carboxylic acids is 3. The minimum absolute atomic E-state index is 0.0324. The third kappa shape index (κ3) is 7.31. The van der Waals surface area contributed by atoms with Crippen LogP contribution in [0.2, 0.25) is 5.02 Å². The van der Waals surface area contributed by atoms with Crippen LogP contribution in [0.3, 0.4) is 0 Å². The molecule has 0 heterocycles. The largest absolute Gasteiger partial charge is 0.497 e. The molecule has 0 radical (unpaired) electrons. The van der Waals surface area contributed by atoms with Crippen molar-refractivity contribution in [2.24, 2.45) is 0 Å². The van der Waals surface area contributed by atoms with E-state index in [9.17, 15) is 14.4 Å². The average Bonchev–Trinajstić information content (AvgIpc) is 2.73. The molecule has 0 saturated heterocycles. The van der Waals surface area contributed by atoms with E-state index in [1.807, 2.05) is 0 Å². The third-order valence-electron chi connectivity index (χ3n) is 3.99. The Kier molecular flexibility index (Phi) is 8.24. The van der Waals surface area contributed by atoms with E-state index in [0.717, 1.165) is 11.1 Å². The van der Waals surface area contributed by atoms with Gasteiger partial charge in [-0.05, 0) is 48.4 Å². The fourth-order valence-corrected chi connectivity index (χ4v) is 2.48. The second-order valence-corrected chi connectivity index (χ2v) is 6.51. The zero-order chi connectivity index (χ0) is 21.2. The van der Waals surface area contributed by atoms with Gasteiger partial charge in [-0.3, -0.25) is 25.2 Å². The number of benzene rings is 2. The normalized spacial score (nSPS) is 10.4. The second kappa shape index (κ2) is 10.9. The maximum absolute atomic E-state index is 12.0. The quantitative estimate of drug-likeness (QED) is 0.477. The van der Waals surface area contributed by atoms with E-state index in [1.165, 1.54) is 6.08 Å². The van der Waals surface area contributed by atoms with Gasteiger partial charge in [0.15, 0.2) is 0 Å². The van der Waals surface area contributed by atoms with Crippen molar-refractivity contribution < 1.29 is 19.1 Å². The number of methoxy groups -OCH3 is 1. The van der Waals surface area contributed by atoms with E-state index in [2.05, 4.69) is 16.2 Å². The average molecular weight is 416 g/mol. The van der Waals surface area contributed by atoms with Gasteiger partial charge in [0, 0.05) is 29.6 Å². The first-order chi connectivity index (χ1) is 13.9. The smallest absolute Gasteiger partial charge is 0.262 e. The minimum Gasteiger partial charge on any atom is -0.497 e. The first kappa shape index (κ1) is 22.0. The molecule has 8 heteroatoms. The molecule has 0 bridgehead atoms. The van der Waals surface area contributed by atoms with Gasteiger partial charge in [-0.1, -0.05) is 29.8 Å². The monoisotopic (exact) mass is 415 g/mol. The predicted molar refractivity (Wildman–Crippen MR) is 112 cm³/mol. The van der Waals surface area contributed by atoms with Crippen molar-refractivity contribution in [2.75, 3.05) is 12.4 Å². The number of hydrogen-bond acceptors (Lipinski definition) is 4. The summed E-state index contributed by atoms with van der Waals surface area (Å²) in [5.41, 5.74) is 6.69. The summed E-state index contributed by atoms with van der Waals surface area (Å²) in [6, 6.07) is 12.3. The van der Waals surface area contributed by atoms with Gasteiger partial charge in [0.2, 0.25) is 11.8 Å². The summed E-state index contributed by atoms with van der Waals surface area (Å²) in [6.07, 6.45) is 2.78. The van der Waals surface area contributed by atoms with Crippen molar-refractivity contribution >= 4 is 41.1 Å². The van der Waals surface area contributed by atoms with Crippen molar-refractivity contribution in [1.29, 1.82) is 0 Å². The van der Waals surface area contributed by atoms with Crippen molar-refractivity contribution in [2.45, 2.75) is 19.8 Å². The van der Waals surface area contributed by atoms with Crippen LogP contribution in [-0.2, 0) is 14.4 Å². The van der Waals surface area contributed by atoms with Gasteiger partial charge in [-0.15, -0.1) is 0 Å². The lowest BCUT2D eigenvalue weighted by Crippen LogP contribution is -2.41. The van der Waals surface area contributed by atoms with Crippen LogP contribution in [0.1, 0.15) is 24.0 Å². The summed E-state index contributed by atoms with van der Waals surface area (Å²) in [7, 11) is 1.57. The van der Waals surface area contributed by atoms with Crippen LogP contribution in [-0.4, -0.2) is 24.8 Å². The molecule has 3 amide bonds. The van der Waals surface area contributed by atoms with E-state index in [0.29, 0.717) is 16.5 Å². The molecule has 0 aliphatic carbocycles. The Balaban J connectivity index is 1.71. The summed E-state index contributed by atoms with van der Waals surface area (Å²) in [5, 5.41) is 3.25. The number of carbonyl (C=O) groups is 3. The molecule has 0 fully saturated rings. The van der Waals surface area contributed by atoms with Gasteiger partial charge in [0.1, 0.15) is 5.75 Å². The SMILES string of the molecule is COc1ccc(/C=C/C(=O)NNC(=O)CCC(=O)Nc2cccc(Cl)c2C)cc1. The second-order valence-electron chi connectivity index (χ2n) is 6.10. The summed E-state index contributed by atoms with van der Waals surface area (Å²) in [4.78, 5) is 35.6. The van der Waals surface area contributed by atoms with E-state index in [4.69, 9.17) is 16.3 Å². The molecule has 7 nitrogen and oxygen atoms in total. The summed E-state index contributed by atoms with van der Waals surface area (Å²) in [6.45, 7) is 1.79. The summed E-state index contributed by atoms with van der Waals surface area (Å²) >= 11 is 6.01. The summed E-state index contributed by atoms with van der Waals surface area (Å²) < 4.78 is 5.06. The molecular formula is C21H22ClN3O4. The molecular weight excluding hydrogens is 394 g/mol. The van der Waals surface area contributed by atoms with Crippen LogP contribution >= 0.6 is 11.6 Å². The molecule has 0 atom stereocenters. The number of halogens is 1. The number of nitrogens with one attached hydrogen (secondary N) is 3. The van der Waals surface area contributed by atoms with Crippen LogP contribution in [0.4, 0.5) is 5.69 Å². The highest BCUT2D eigenvalue weighted by atomic mass is 35.5. The van der Waals surface area contributed by atoms with Crippen LogP contribution < -0.4 is 20.9 Å². The molecule has 2 aromatic rings. The van der Waals surface area contributed by atoms with Crippen LogP contribution in [0.15, 0.2) is 48.5 Å². The standard InChI is InChI=1S/C21H22ClN3O4/c1-14-17(22)4-3-5-18(14)23-19(26)12-13-21(28)25-24-20(27)11-8-15-6-9-16(29-2)10-7-15/h3-11H,12-13H2,1-2H3,(H,23,26)(H,24,27)(H,25,28)/b11-8+. The molecule has 152 valence electrons. The number of rotatable bonds is 7. The van der Waals surface area contributed by atoms with Crippen LogP contribution in [0.25, 0.3) is 6.08 Å². The van der Waals surface area contributed by atoms with Gasteiger partial charge in [-0.2, -0.15) is 0 Å². The third-order valence-corrected chi connectivity index (χ3v) is 4.40. The Bertz CT molecular complexity index is 911. The molecule has 2 aromatic carbocycles. The number of hydrogen-bond donors (Lipinski definition) is 3. The minimum atomic E-state index is -0.492. The number of amides is 3. The maximum Gasteiger partial charge on any atom is 0.262 e. The lowest BCUT2D eigenvalue weighted by Gasteiger charge is -2.09. The highest BCUT2D eigenvalue weighted by molar-refractivity contribution is 6.31. The Morgan fingerprint density at radius 2 is 1.69 bits per heavy atom. The van der Waals surface area contributed by atoms with Gasteiger partial charge in [0.25, 0.3) is 5.91 Å². The van der Waals surface area contributed by atoms with E-state index in [-0.39, 0.29) is 18.7 Å². The van der Waals surface area contributed by atoms with Gasteiger partial charge < -0.3 is 10.1 Å². The van der Waals surface area contributed by atoms with E-state index >= 15 is 0 Å². The summed E-state index contributed by atoms with van der Waals surface area (Å²) in [5.74, 6) is -0.577. The fraction of sp³-hybridized carbons (Fsp3) is 0.190. The lowest BCUT2D eigenvalue weighted by atomic mass is 10.2. The van der Waals surface area contributed by atoms with Crippen LogP contribution in [0, 0.1) is 6.92 Å². The molecule has 0 aliphatic heterocycles. The molecule has 3 N–H and O–H groups in total. The van der Waals surface area contributed by atoms with Gasteiger partial charge >= 0.3 is 0 Å². The maximum atomic E-state index is 12.0. The topological polar surface area (TPSA) is 96.5 Å². The predicted octanol–water partition coefficient (Wildman–Crippen LogP) is 3.24. The number of hydrazine groups is 1. The fourth-order valence-electron chi connectivity index (χ4n) is 2.31. The Labute approximate surface area is 174 Å². The first-order valence-corrected chi connectivity index (χ1v) is 9.22. The lowest BCUT2D eigenvalue weighted by molar-refractivity contribution is -0.128. The highest BCUT2D eigenvalue weighted by Gasteiger charge is 2.10. The number of ether oxygens (including phenoxy) is 1. The molecule has 0 aromatic heterocycles. The highest BCUT2D eigenvalue weighted by Crippen LogP contribution is 2.23. The number of anilines is 1. The molecule has 29 heavy (non-hydrogen) atoms. The molecule has 0 saturated carbocycles. The van der Waals surface area contributed by atoms with Crippen molar-refractivity contribution in [3.8, 4) is 5.75 Å². The Morgan fingerprint density at radius 1 is 1.00 bits per heavy atom. The van der Waals surface area contributed by atoms with E-state index in [1.54, 1.807) is 62.6 Å². The van der Waals surface area contributed by atoms with E-state index < -0.39 is 11.8 Å². The molecule has 0 spiro atoms. The Morgan fingerprint density at radius 3 is 2.38 bits per heavy atom. The van der Waals surface area contributed by atoms with Crippen LogP contribution in [0.5, 0.6) is 5.75 Å². The zero-order valence-electron chi connectivity index (χ0n) is 16.1. The zero-order valence-corrected chi connectivity index (χ0v) is 16.9. The van der Waals surface area contributed by atoms with Gasteiger partial charge in [-0.25, -0.2) is 0 Å².